The lowest BCUT2D eigenvalue weighted by atomic mass is 10.2. The Morgan fingerprint density at radius 3 is 2.42 bits per heavy atom. The van der Waals surface area contributed by atoms with Crippen LogP contribution >= 0.6 is 0 Å². The van der Waals surface area contributed by atoms with Crippen LogP contribution in [-0.2, 0) is 9.47 Å². The summed E-state index contributed by atoms with van der Waals surface area (Å²) in [6.45, 7) is 8.70. The van der Waals surface area contributed by atoms with Gasteiger partial charge in [-0.05, 0) is 6.92 Å². The van der Waals surface area contributed by atoms with E-state index in [0.29, 0.717) is 6.04 Å². The van der Waals surface area contributed by atoms with Gasteiger partial charge in [0.15, 0.2) is 5.79 Å². The molecule has 1 saturated heterocycles. The number of hydrogen-bond donors (Lipinski definition) is 1. The van der Waals surface area contributed by atoms with Crippen molar-refractivity contribution in [2.75, 3.05) is 19.8 Å². The fourth-order valence-corrected chi connectivity index (χ4v) is 1.29. The quantitative estimate of drug-likeness (QED) is 0.691. The SMILES string of the molecule is CC(C)NCCC1(C)OCCO1. The number of nitrogens with one attached hydrogen (secondary N) is 1. The average molecular weight is 173 g/mol. The predicted octanol–water partition coefficient (Wildman–Crippen LogP) is 1.14. The lowest BCUT2D eigenvalue weighted by Gasteiger charge is -2.22. The molecule has 0 aromatic rings. The maximum atomic E-state index is 5.46. The van der Waals surface area contributed by atoms with Crippen LogP contribution < -0.4 is 5.32 Å². The Morgan fingerprint density at radius 2 is 1.92 bits per heavy atom. The molecule has 12 heavy (non-hydrogen) atoms. The van der Waals surface area contributed by atoms with Crippen molar-refractivity contribution in [3.63, 3.8) is 0 Å². The van der Waals surface area contributed by atoms with E-state index >= 15 is 0 Å². The van der Waals surface area contributed by atoms with Crippen molar-refractivity contribution < 1.29 is 9.47 Å². The van der Waals surface area contributed by atoms with Gasteiger partial charge in [0, 0.05) is 19.0 Å². The van der Waals surface area contributed by atoms with Crippen LogP contribution in [0.25, 0.3) is 0 Å². The van der Waals surface area contributed by atoms with Crippen LogP contribution in [0.2, 0.25) is 0 Å². The molecule has 0 bridgehead atoms. The monoisotopic (exact) mass is 173 g/mol. The molecule has 0 spiro atoms. The Bertz CT molecular complexity index is 130. The van der Waals surface area contributed by atoms with Gasteiger partial charge in [-0.25, -0.2) is 0 Å². The molecule has 3 nitrogen and oxygen atoms in total. The third-order valence-corrected chi connectivity index (χ3v) is 2.03. The molecule has 0 amide bonds. The fraction of sp³-hybridized carbons (Fsp3) is 1.00. The van der Waals surface area contributed by atoms with E-state index in [4.69, 9.17) is 9.47 Å². The average Bonchev–Trinajstić information content (AvgIpc) is 2.35. The van der Waals surface area contributed by atoms with Crippen LogP contribution in [0.15, 0.2) is 0 Å². The van der Waals surface area contributed by atoms with E-state index in [9.17, 15) is 0 Å². The van der Waals surface area contributed by atoms with E-state index in [-0.39, 0.29) is 5.79 Å². The van der Waals surface area contributed by atoms with Crippen LogP contribution in [0, 0.1) is 0 Å². The molecule has 0 radical (unpaired) electrons. The maximum absolute atomic E-state index is 5.46. The van der Waals surface area contributed by atoms with Crippen molar-refractivity contribution in [1.29, 1.82) is 0 Å². The largest absolute Gasteiger partial charge is 0.348 e. The van der Waals surface area contributed by atoms with Gasteiger partial charge in [0.2, 0.25) is 0 Å². The van der Waals surface area contributed by atoms with Crippen LogP contribution in [0.4, 0.5) is 0 Å². The lowest BCUT2D eigenvalue weighted by Crippen LogP contribution is -2.33. The summed E-state index contributed by atoms with van der Waals surface area (Å²) in [7, 11) is 0. The summed E-state index contributed by atoms with van der Waals surface area (Å²) in [5.41, 5.74) is 0. The Kier molecular flexibility index (Phi) is 3.50. The predicted molar refractivity (Wildman–Crippen MR) is 48.1 cm³/mol. The van der Waals surface area contributed by atoms with Gasteiger partial charge in [0.05, 0.1) is 13.2 Å². The zero-order valence-electron chi connectivity index (χ0n) is 8.22. The summed E-state index contributed by atoms with van der Waals surface area (Å²) in [6, 6.07) is 0.537. The van der Waals surface area contributed by atoms with Gasteiger partial charge in [-0.1, -0.05) is 13.8 Å². The minimum absolute atomic E-state index is 0.331. The first-order valence-corrected chi connectivity index (χ1v) is 4.64. The first kappa shape index (κ1) is 9.96. The molecule has 1 N–H and O–H groups in total. The number of hydrogen-bond acceptors (Lipinski definition) is 3. The zero-order chi connectivity index (χ0) is 9.03. The number of rotatable bonds is 4. The van der Waals surface area contributed by atoms with E-state index < -0.39 is 0 Å². The van der Waals surface area contributed by atoms with Crippen molar-refractivity contribution in [2.24, 2.45) is 0 Å². The van der Waals surface area contributed by atoms with Gasteiger partial charge in [-0.3, -0.25) is 0 Å². The minimum Gasteiger partial charge on any atom is -0.348 e. The molecule has 1 fully saturated rings. The fourth-order valence-electron chi connectivity index (χ4n) is 1.29. The van der Waals surface area contributed by atoms with Crippen molar-refractivity contribution in [1.82, 2.24) is 5.32 Å². The summed E-state index contributed by atoms with van der Waals surface area (Å²) >= 11 is 0. The molecule has 1 aliphatic rings. The molecule has 72 valence electrons. The highest BCUT2D eigenvalue weighted by Gasteiger charge is 2.29. The first-order valence-electron chi connectivity index (χ1n) is 4.64. The summed E-state index contributed by atoms with van der Waals surface area (Å²) in [6.07, 6.45) is 0.922. The Labute approximate surface area is 74.4 Å². The van der Waals surface area contributed by atoms with Crippen molar-refractivity contribution in [3.8, 4) is 0 Å². The second kappa shape index (κ2) is 4.21. The van der Waals surface area contributed by atoms with Gasteiger partial charge < -0.3 is 14.8 Å². The molecule has 0 aromatic carbocycles. The zero-order valence-corrected chi connectivity index (χ0v) is 8.22. The third kappa shape index (κ3) is 3.09. The Balaban J connectivity index is 2.13. The molecule has 1 aliphatic heterocycles. The van der Waals surface area contributed by atoms with E-state index in [1.165, 1.54) is 0 Å². The van der Waals surface area contributed by atoms with Crippen molar-refractivity contribution in [3.05, 3.63) is 0 Å². The van der Waals surface area contributed by atoms with E-state index in [0.717, 1.165) is 26.2 Å². The topological polar surface area (TPSA) is 30.5 Å². The van der Waals surface area contributed by atoms with E-state index in [1.54, 1.807) is 0 Å². The molecule has 0 aromatic heterocycles. The Morgan fingerprint density at radius 1 is 1.33 bits per heavy atom. The highest BCUT2D eigenvalue weighted by atomic mass is 16.7. The standard InChI is InChI=1S/C9H19NO2/c1-8(2)10-5-4-9(3)11-6-7-12-9/h8,10H,4-7H2,1-3H3. The van der Waals surface area contributed by atoms with Crippen LogP contribution in [-0.4, -0.2) is 31.6 Å². The molecule has 1 heterocycles. The van der Waals surface area contributed by atoms with Gasteiger partial charge in [-0.15, -0.1) is 0 Å². The van der Waals surface area contributed by atoms with Gasteiger partial charge in [0.1, 0.15) is 0 Å². The second-order valence-electron chi connectivity index (χ2n) is 3.69. The third-order valence-electron chi connectivity index (χ3n) is 2.03. The highest BCUT2D eigenvalue weighted by Crippen LogP contribution is 2.21. The molecule has 0 unspecified atom stereocenters. The van der Waals surface area contributed by atoms with E-state index in [2.05, 4.69) is 19.2 Å². The minimum atomic E-state index is -0.331. The highest BCUT2D eigenvalue weighted by molar-refractivity contribution is 4.69. The van der Waals surface area contributed by atoms with Crippen molar-refractivity contribution >= 4 is 0 Å². The van der Waals surface area contributed by atoms with E-state index in [1.807, 2.05) is 6.92 Å². The molecule has 0 saturated carbocycles. The van der Waals surface area contributed by atoms with Gasteiger partial charge in [0.25, 0.3) is 0 Å². The summed E-state index contributed by atoms with van der Waals surface area (Å²) in [5, 5.41) is 3.34. The van der Waals surface area contributed by atoms with Crippen molar-refractivity contribution in [2.45, 2.75) is 39.0 Å². The first-order chi connectivity index (χ1) is 5.62. The second-order valence-corrected chi connectivity index (χ2v) is 3.69. The molecular formula is C9H19NO2. The van der Waals surface area contributed by atoms with Crippen LogP contribution in [0.5, 0.6) is 0 Å². The molecular weight excluding hydrogens is 154 g/mol. The smallest absolute Gasteiger partial charge is 0.166 e. The molecule has 0 atom stereocenters. The van der Waals surface area contributed by atoms with Gasteiger partial charge in [-0.2, -0.15) is 0 Å². The maximum Gasteiger partial charge on any atom is 0.166 e. The lowest BCUT2D eigenvalue weighted by molar-refractivity contribution is -0.145. The summed E-state index contributed by atoms with van der Waals surface area (Å²) in [5.74, 6) is -0.331. The normalized spacial score (nSPS) is 22.0. The molecule has 0 aliphatic carbocycles. The number of ether oxygens (including phenoxy) is 2. The Hall–Kier alpha value is -0.120. The van der Waals surface area contributed by atoms with Gasteiger partial charge >= 0.3 is 0 Å². The van der Waals surface area contributed by atoms with Crippen LogP contribution in [0.3, 0.4) is 0 Å². The molecule has 1 rings (SSSR count). The summed E-state index contributed by atoms with van der Waals surface area (Å²) in [4.78, 5) is 0. The molecule has 3 heteroatoms. The van der Waals surface area contributed by atoms with Crippen LogP contribution in [0.1, 0.15) is 27.2 Å². The summed E-state index contributed by atoms with van der Waals surface area (Å²) < 4.78 is 10.9.